The van der Waals surface area contributed by atoms with Crippen LogP contribution in [0.15, 0.2) is 42.5 Å². The molecule has 1 saturated heterocycles. The minimum atomic E-state index is -0.451. The summed E-state index contributed by atoms with van der Waals surface area (Å²) in [4.78, 5) is 14.7. The predicted molar refractivity (Wildman–Crippen MR) is 138 cm³/mol. The van der Waals surface area contributed by atoms with Crippen LogP contribution >= 0.6 is 0 Å². The fourth-order valence-electron chi connectivity index (χ4n) is 4.50. The number of carbonyl (C=O) groups is 1. The van der Waals surface area contributed by atoms with Crippen LogP contribution in [0, 0.1) is 0 Å². The van der Waals surface area contributed by atoms with Crippen LogP contribution in [-0.2, 0) is 35.2 Å². The van der Waals surface area contributed by atoms with Crippen molar-refractivity contribution >= 4 is 5.97 Å². The second kappa shape index (κ2) is 12.9. The second-order valence-electron chi connectivity index (χ2n) is 10.3. The van der Waals surface area contributed by atoms with Crippen LogP contribution < -0.4 is 10.5 Å². The maximum atomic E-state index is 12.2. The number of ether oxygens (including phenoxy) is 2. The molecule has 0 saturated carbocycles. The van der Waals surface area contributed by atoms with Gasteiger partial charge in [0.15, 0.2) is 0 Å². The minimum absolute atomic E-state index is 0.154. The fourth-order valence-corrected chi connectivity index (χ4v) is 4.50. The van der Waals surface area contributed by atoms with Crippen LogP contribution in [0.3, 0.4) is 0 Å². The van der Waals surface area contributed by atoms with Gasteiger partial charge in [0.05, 0.1) is 0 Å². The molecule has 1 aliphatic rings. The summed E-state index contributed by atoms with van der Waals surface area (Å²) in [5.41, 5.74) is 10.3. The first-order valence-corrected chi connectivity index (χ1v) is 12.8. The molecule has 1 heterocycles. The lowest BCUT2D eigenvalue weighted by molar-refractivity contribution is -0.154. The highest BCUT2D eigenvalue weighted by Gasteiger charge is 2.16. The molecule has 2 N–H and O–H groups in total. The molecular weight excluding hydrogens is 424 g/mol. The summed E-state index contributed by atoms with van der Waals surface area (Å²) in [5, 5.41) is 0. The fraction of sp³-hybridized carbons (Fsp3) is 0.552. The van der Waals surface area contributed by atoms with E-state index in [1.165, 1.54) is 48.2 Å². The molecule has 0 radical (unpaired) electrons. The van der Waals surface area contributed by atoms with E-state index >= 15 is 0 Å². The van der Waals surface area contributed by atoms with Gasteiger partial charge in [-0.2, -0.15) is 0 Å². The third-order valence-electron chi connectivity index (χ3n) is 6.10. The van der Waals surface area contributed by atoms with Gasteiger partial charge in [0.1, 0.15) is 18.0 Å². The van der Waals surface area contributed by atoms with Crippen molar-refractivity contribution in [2.45, 2.75) is 71.3 Å². The quantitative estimate of drug-likeness (QED) is 0.459. The summed E-state index contributed by atoms with van der Waals surface area (Å²) in [5.74, 6) is 0.836. The van der Waals surface area contributed by atoms with Gasteiger partial charge < -0.3 is 15.2 Å². The van der Waals surface area contributed by atoms with E-state index in [1.807, 2.05) is 26.8 Å². The maximum absolute atomic E-state index is 12.2. The van der Waals surface area contributed by atoms with Gasteiger partial charge in [-0.25, -0.2) is 0 Å². The number of benzene rings is 2. The van der Waals surface area contributed by atoms with Crippen molar-refractivity contribution in [2.75, 3.05) is 32.8 Å². The molecule has 5 heteroatoms. The lowest BCUT2D eigenvalue weighted by Crippen LogP contribution is -2.25. The summed E-state index contributed by atoms with van der Waals surface area (Å²) in [7, 11) is 0. The molecule has 2 aromatic carbocycles. The average Bonchev–Trinajstić information content (AvgIpc) is 3.30. The topological polar surface area (TPSA) is 64.8 Å². The Bertz CT molecular complexity index is 914. The van der Waals surface area contributed by atoms with E-state index in [9.17, 15) is 4.79 Å². The summed E-state index contributed by atoms with van der Waals surface area (Å²) in [6.45, 7) is 10.4. The molecule has 0 aromatic heterocycles. The number of para-hydroxylation sites is 1. The third-order valence-corrected chi connectivity index (χ3v) is 6.10. The van der Waals surface area contributed by atoms with Gasteiger partial charge in [-0.15, -0.1) is 0 Å². The molecule has 2 aromatic rings. The molecule has 5 nitrogen and oxygen atoms in total. The normalized spacial score (nSPS) is 14.4. The molecule has 0 aliphatic carbocycles. The van der Waals surface area contributed by atoms with Crippen molar-refractivity contribution in [1.29, 1.82) is 0 Å². The zero-order valence-corrected chi connectivity index (χ0v) is 21.3. The molecule has 0 spiro atoms. The molecule has 3 rings (SSSR count). The van der Waals surface area contributed by atoms with Crippen LogP contribution in [-0.4, -0.2) is 49.3 Å². The first-order valence-electron chi connectivity index (χ1n) is 12.8. The van der Waals surface area contributed by atoms with E-state index in [0.29, 0.717) is 19.4 Å². The first kappa shape index (κ1) is 26.2. The van der Waals surface area contributed by atoms with Crippen molar-refractivity contribution in [3.8, 4) is 5.75 Å². The van der Waals surface area contributed by atoms with Crippen LogP contribution in [0.2, 0.25) is 0 Å². The zero-order chi connectivity index (χ0) is 24.4. The highest BCUT2D eigenvalue weighted by atomic mass is 16.6. The van der Waals surface area contributed by atoms with Crippen LogP contribution in [0.1, 0.15) is 62.3 Å². The Morgan fingerprint density at radius 3 is 2.26 bits per heavy atom. The minimum Gasteiger partial charge on any atom is -0.492 e. The molecule has 0 atom stereocenters. The molecule has 34 heavy (non-hydrogen) atoms. The SMILES string of the molecule is CC(C)(C)OC(=O)CCc1cc(CCN)cc(CCc2ccccc2OCCN2CCCC2)c1. The number of carbonyl (C=O) groups excluding carboxylic acids is 1. The third kappa shape index (κ3) is 9.11. The maximum Gasteiger partial charge on any atom is 0.306 e. The number of aryl methyl sites for hydroxylation is 3. The highest BCUT2D eigenvalue weighted by Crippen LogP contribution is 2.22. The van der Waals surface area contributed by atoms with Gasteiger partial charge in [0.25, 0.3) is 0 Å². The number of esters is 1. The Kier molecular flexibility index (Phi) is 9.97. The van der Waals surface area contributed by atoms with Gasteiger partial charge in [-0.1, -0.05) is 36.4 Å². The summed E-state index contributed by atoms with van der Waals surface area (Å²) >= 11 is 0. The predicted octanol–water partition coefficient (Wildman–Crippen LogP) is 4.72. The Hall–Kier alpha value is -2.37. The molecular formula is C29H42N2O3. The van der Waals surface area contributed by atoms with E-state index < -0.39 is 5.60 Å². The van der Waals surface area contributed by atoms with Crippen molar-refractivity contribution in [3.05, 3.63) is 64.7 Å². The van der Waals surface area contributed by atoms with E-state index in [0.717, 1.165) is 38.2 Å². The lowest BCUT2D eigenvalue weighted by atomic mass is 9.96. The van der Waals surface area contributed by atoms with Crippen molar-refractivity contribution in [1.82, 2.24) is 4.90 Å². The zero-order valence-electron chi connectivity index (χ0n) is 21.3. The number of hydrogen-bond donors (Lipinski definition) is 1. The van der Waals surface area contributed by atoms with Gasteiger partial charge in [0, 0.05) is 13.0 Å². The van der Waals surface area contributed by atoms with Gasteiger partial charge >= 0.3 is 5.97 Å². The Morgan fingerprint density at radius 1 is 0.941 bits per heavy atom. The van der Waals surface area contributed by atoms with Gasteiger partial charge in [-0.05, 0) is 107 Å². The van der Waals surface area contributed by atoms with Crippen molar-refractivity contribution < 1.29 is 14.3 Å². The number of nitrogens with two attached hydrogens (primary N) is 1. The number of likely N-dealkylation sites (tertiary alicyclic amines) is 1. The van der Waals surface area contributed by atoms with Gasteiger partial charge in [0.2, 0.25) is 0 Å². The summed E-state index contributed by atoms with van der Waals surface area (Å²) in [6, 6.07) is 15.0. The van der Waals surface area contributed by atoms with Gasteiger partial charge in [-0.3, -0.25) is 9.69 Å². The molecule has 1 aliphatic heterocycles. The monoisotopic (exact) mass is 466 g/mol. The molecule has 0 bridgehead atoms. The van der Waals surface area contributed by atoms with Crippen LogP contribution in [0.25, 0.3) is 0 Å². The van der Waals surface area contributed by atoms with E-state index in [2.05, 4.69) is 41.3 Å². The summed E-state index contributed by atoms with van der Waals surface area (Å²) in [6.07, 6.45) is 6.34. The molecule has 1 fully saturated rings. The number of nitrogens with zero attached hydrogens (tertiary/aromatic N) is 1. The van der Waals surface area contributed by atoms with Crippen LogP contribution in [0.4, 0.5) is 0 Å². The van der Waals surface area contributed by atoms with Crippen molar-refractivity contribution in [2.24, 2.45) is 5.73 Å². The highest BCUT2D eigenvalue weighted by molar-refractivity contribution is 5.70. The second-order valence-corrected chi connectivity index (χ2v) is 10.3. The molecule has 0 amide bonds. The Labute approximate surface area is 205 Å². The van der Waals surface area contributed by atoms with E-state index in [1.54, 1.807) is 0 Å². The lowest BCUT2D eigenvalue weighted by Gasteiger charge is -2.19. The number of hydrogen-bond acceptors (Lipinski definition) is 5. The largest absolute Gasteiger partial charge is 0.492 e. The first-order chi connectivity index (χ1) is 16.3. The Morgan fingerprint density at radius 2 is 1.59 bits per heavy atom. The molecule has 186 valence electrons. The van der Waals surface area contributed by atoms with Crippen molar-refractivity contribution in [3.63, 3.8) is 0 Å². The van der Waals surface area contributed by atoms with E-state index in [4.69, 9.17) is 15.2 Å². The standard InChI is InChI=1S/C29H42N2O3/c1-29(2,3)34-28(32)13-11-24-20-23(21-25(22-24)14-15-30)10-12-26-8-4-5-9-27(26)33-19-18-31-16-6-7-17-31/h4-5,8-9,20-22H,6-7,10-19,30H2,1-3H3. The smallest absolute Gasteiger partial charge is 0.306 e. The Balaban J connectivity index is 1.60. The summed E-state index contributed by atoms with van der Waals surface area (Å²) < 4.78 is 11.6. The van der Waals surface area contributed by atoms with Crippen LogP contribution in [0.5, 0.6) is 5.75 Å². The molecule has 0 unspecified atom stereocenters. The number of rotatable bonds is 12. The average molecular weight is 467 g/mol. The van der Waals surface area contributed by atoms with E-state index in [-0.39, 0.29) is 5.97 Å².